The van der Waals surface area contributed by atoms with Crippen LogP contribution in [0, 0.1) is 6.92 Å². The number of amides is 1. The molecule has 0 aliphatic carbocycles. The predicted molar refractivity (Wildman–Crippen MR) is 77.5 cm³/mol. The number of rotatable bonds is 2. The molecule has 106 valence electrons. The molecular formula is C13H11ClN6O. The molecule has 21 heavy (non-hydrogen) atoms. The maximum Gasteiger partial charge on any atom is 0.298 e. The number of hydrogen-bond acceptors (Lipinski definition) is 5. The number of halogens is 1. The fourth-order valence-corrected chi connectivity index (χ4v) is 1.93. The van der Waals surface area contributed by atoms with E-state index in [1.165, 1.54) is 15.6 Å². The molecule has 3 aromatic heterocycles. The van der Waals surface area contributed by atoms with Gasteiger partial charge in [0.15, 0.2) is 0 Å². The molecule has 0 saturated heterocycles. The average molecular weight is 303 g/mol. The van der Waals surface area contributed by atoms with Crippen LogP contribution in [0.5, 0.6) is 0 Å². The molecule has 3 heterocycles. The van der Waals surface area contributed by atoms with Crippen molar-refractivity contribution >= 4 is 29.1 Å². The molecule has 0 bridgehead atoms. The molecule has 0 aromatic carbocycles. The molecule has 0 aliphatic heterocycles. The smallest absolute Gasteiger partial charge is 0.293 e. The number of aryl methyl sites for hydroxylation is 1. The van der Waals surface area contributed by atoms with Crippen LogP contribution in [0.15, 0.2) is 30.6 Å². The first kappa shape index (κ1) is 13.4. The first-order valence-corrected chi connectivity index (χ1v) is 6.52. The number of anilines is 1. The van der Waals surface area contributed by atoms with Crippen LogP contribution >= 0.6 is 11.6 Å². The molecular weight excluding hydrogens is 292 g/mol. The van der Waals surface area contributed by atoms with Gasteiger partial charge in [0.25, 0.3) is 11.7 Å². The second-order valence-corrected chi connectivity index (χ2v) is 4.87. The van der Waals surface area contributed by atoms with E-state index in [1.807, 2.05) is 6.92 Å². The van der Waals surface area contributed by atoms with Crippen molar-refractivity contribution in [2.75, 3.05) is 11.9 Å². The summed E-state index contributed by atoms with van der Waals surface area (Å²) in [5.41, 5.74) is 0.846. The summed E-state index contributed by atoms with van der Waals surface area (Å²) in [6.45, 7) is 1.86. The molecule has 0 aliphatic rings. The molecule has 0 atom stereocenters. The summed E-state index contributed by atoms with van der Waals surface area (Å²) in [6, 6.07) is 5.11. The van der Waals surface area contributed by atoms with Gasteiger partial charge < -0.3 is 0 Å². The van der Waals surface area contributed by atoms with E-state index in [0.29, 0.717) is 16.6 Å². The molecule has 0 unspecified atom stereocenters. The van der Waals surface area contributed by atoms with Gasteiger partial charge in [-0.05, 0) is 25.1 Å². The highest BCUT2D eigenvalue weighted by molar-refractivity contribution is 6.30. The summed E-state index contributed by atoms with van der Waals surface area (Å²) in [7, 11) is 1.60. The molecule has 3 aromatic rings. The largest absolute Gasteiger partial charge is 0.298 e. The molecule has 0 radical (unpaired) electrons. The minimum atomic E-state index is -0.366. The highest BCUT2D eigenvalue weighted by Crippen LogP contribution is 2.14. The van der Waals surface area contributed by atoms with Crippen molar-refractivity contribution in [3.8, 4) is 0 Å². The Kier molecular flexibility index (Phi) is 3.26. The van der Waals surface area contributed by atoms with Gasteiger partial charge in [-0.3, -0.25) is 9.69 Å². The molecule has 0 fully saturated rings. The number of fused-ring (bicyclic) bond motifs is 1. The summed E-state index contributed by atoms with van der Waals surface area (Å²) in [6.07, 6.45) is 3.10. The van der Waals surface area contributed by atoms with Gasteiger partial charge in [0.1, 0.15) is 5.82 Å². The van der Waals surface area contributed by atoms with Crippen LogP contribution in [-0.4, -0.2) is 37.5 Å². The van der Waals surface area contributed by atoms with Crippen molar-refractivity contribution in [1.29, 1.82) is 0 Å². The zero-order valence-electron chi connectivity index (χ0n) is 11.4. The van der Waals surface area contributed by atoms with Crippen molar-refractivity contribution in [3.63, 3.8) is 0 Å². The second kappa shape index (κ2) is 5.10. The summed E-state index contributed by atoms with van der Waals surface area (Å²) < 4.78 is 1.52. The van der Waals surface area contributed by atoms with Crippen LogP contribution in [0.3, 0.4) is 0 Å². The summed E-state index contributed by atoms with van der Waals surface area (Å²) in [5.74, 6) is 0.550. The zero-order chi connectivity index (χ0) is 15.0. The summed E-state index contributed by atoms with van der Waals surface area (Å²) in [4.78, 5) is 26.1. The van der Waals surface area contributed by atoms with Crippen molar-refractivity contribution in [3.05, 3.63) is 47.1 Å². The monoisotopic (exact) mass is 302 g/mol. The maximum atomic E-state index is 12.4. The highest BCUT2D eigenvalue weighted by atomic mass is 35.5. The minimum absolute atomic E-state index is 0.0658. The van der Waals surface area contributed by atoms with Crippen LogP contribution in [0.4, 0.5) is 5.82 Å². The van der Waals surface area contributed by atoms with Gasteiger partial charge in [0, 0.05) is 25.1 Å². The number of hydrogen-bond donors (Lipinski definition) is 0. The Labute approximate surface area is 125 Å². The number of aromatic nitrogens is 5. The molecule has 0 N–H and O–H groups in total. The Hall–Kier alpha value is -2.54. The van der Waals surface area contributed by atoms with Gasteiger partial charge in [-0.2, -0.15) is 4.98 Å². The SMILES string of the molecule is Cc1ccnc2nc(C(=O)N(C)c3ccc(Cl)cn3)nn12. The third-order valence-electron chi connectivity index (χ3n) is 2.98. The lowest BCUT2D eigenvalue weighted by Crippen LogP contribution is -2.28. The van der Waals surface area contributed by atoms with Gasteiger partial charge in [-0.25, -0.2) is 14.5 Å². The molecule has 8 heteroatoms. The lowest BCUT2D eigenvalue weighted by molar-refractivity contribution is 0.0982. The first-order valence-electron chi connectivity index (χ1n) is 6.14. The average Bonchev–Trinajstić information content (AvgIpc) is 2.92. The van der Waals surface area contributed by atoms with Gasteiger partial charge in [0.05, 0.1) is 5.02 Å². The van der Waals surface area contributed by atoms with E-state index in [2.05, 4.69) is 20.1 Å². The highest BCUT2D eigenvalue weighted by Gasteiger charge is 2.20. The van der Waals surface area contributed by atoms with Crippen molar-refractivity contribution < 1.29 is 4.79 Å². The minimum Gasteiger partial charge on any atom is -0.293 e. The lowest BCUT2D eigenvalue weighted by Gasteiger charge is -2.13. The normalized spacial score (nSPS) is 10.8. The van der Waals surface area contributed by atoms with E-state index in [0.717, 1.165) is 5.69 Å². The Morgan fingerprint density at radius 2 is 2.10 bits per heavy atom. The quantitative estimate of drug-likeness (QED) is 0.721. The Bertz CT molecular complexity index is 813. The van der Waals surface area contributed by atoms with E-state index in [9.17, 15) is 4.79 Å². The van der Waals surface area contributed by atoms with Crippen molar-refractivity contribution in [1.82, 2.24) is 24.6 Å². The van der Waals surface area contributed by atoms with Crippen LogP contribution in [-0.2, 0) is 0 Å². The van der Waals surface area contributed by atoms with Crippen LogP contribution in [0.25, 0.3) is 5.78 Å². The van der Waals surface area contributed by atoms with Gasteiger partial charge in [-0.15, -0.1) is 5.10 Å². The molecule has 0 spiro atoms. The zero-order valence-corrected chi connectivity index (χ0v) is 12.1. The van der Waals surface area contributed by atoms with E-state index >= 15 is 0 Å². The lowest BCUT2D eigenvalue weighted by atomic mass is 10.4. The fraction of sp³-hybridized carbons (Fsp3) is 0.154. The van der Waals surface area contributed by atoms with Gasteiger partial charge in [-0.1, -0.05) is 11.6 Å². The fourth-order valence-electron chi connectivity index (χ4n) is 1.82. The number of carbonyl (C=O) groups is 1. The maximum absolute atomic E-state index is 12.4. The van der Waals surface area contributed by atoms with E-state index in [-0.39, 0.29) is 11.7 Å². The molecule has 3 rings (SSSR count). The number of carbonyl (C=O) groups excluding carboxylic acids is 1. The predicted octanol–water partition coefficient (Wildman–Crippen LogP) is 1.76. The standard InChI is InChI=1S/C13H11ClN6O/c1-8-5-6-15-13-17-11(18-20(8)13)12(21)19(2)10-4-3-9(14)7-16-10/h3-7H,1-2H3. The van der Waals surface area contributed by atoms with Crippen molar-refractivity contribution in [2.24, 2.45) is 0 Å². The Morgan fingerprint density at radius 3 is 2.76 bits per heavy atom. The topological polar surface area (TPSA) is 76.3 Å². The van der Waals surface area contributed by atoms with E-state index in [4.69, 9.17) is 11.6 Å². The van der Waals surface area contributed by atoms with Crippen LogP contribution < -0.4 is 4.90 Å². The number of pyridine rings is 1. The van der Waals surface area contributed by atoms with Crippen LogP contribution in [0.1, 0.15) is 16.3 Å². The molecule has 7 nitrogen and oxygen atoms in total. The van der Waals surface area contributed by atoms with Gasteiger partial charge in [0.2, 0.25) is 5.82 Å². The second-order valence-electron chi connectivity index (χ2n) is 4.43. The number of nitrogens with zero attached hydrogens (tertiary/aromatic N) is 6. The molecule has 1 amide bonds. The first-order chi connectivity index (χ1) is 10.1. The summed E-state index contributed by atoms with van der Waals surface area (Å²) >= 11 is 5.78. The van der Waals surface area contributed by atoms with Gasteiger partial charge >= 0.3 is 0 Å². The molecule has 0 saturated carbocycles. The van der Waals surface area contributed by atoms with Crippen LogP contribution in [0.2, 0.25) is 5.02 Å². The Balaban J connectivity index is 1.96. The third-order valence-corrected chi connectivity index (χ3v) is 3.20. The van der Waals surface area contributed by atoms with E-state index < -0.39 is 0 Å². The third kappa shape index (κ3) is 2.43. The van der Waals surface area contributed by atoms with E-state index in [1.54, 1.807) is 31.4 Å². The van der Waals surface area contributed by atoms with Crippen molar-refractivity contribution in [2.45, 2.75) is 6.92 Å². The summed E-state index contributed by atoms with van der Waals surface area (Å²) in [5, 5.41) is 4.68. The Morgan fingerprint density at radius 1 is 1.29 bits per heavy atom.